The lowest BCUT2D eigenvalue weighted by molar-refractivity contribution is -0.175. The summed E-state index contributed by atoms with van der Waals surface area (Å²) in [6.07, 6.45) is 6.29. The molecule has 0 aliphatic heterocycles. The summed E-state index contributed by atoms with van der Waals surface area (Å²) in [4.78, 5) is 24.5. The molecule has 0 spiro atoms. The maximum Gasteiger partial charge on any atom is 0.323 e. The zero-order valence-electron chi connectivity index (χ0n) is 12.4. The molecule has 4 heteroatoms. The summed E-state index contributed by atoms with van der Waals surface area (Å²) < 4.78 is 10.3. The van der Waals surface area contributed by atoms with Gasteiger partial charge in [0.15, 0.2) is 5.41 Å². The molecule has 0 heterocycles. The second-order valence-electron chi connectivity index (χ2n) is 5.33. The molecule has 0 aromatic rings. The van der Waals surface area contributed by atoms with E-state index in [2.05, 4.69) is 0 Å². The van der Waals surface area contributed by atoms with Crippen LogP contribution >= 0.6 is 0 Å². The minimum absolute atomic E-state index is 0.0353. The van der Waals surface area contributed by atoms with Gasteiger partial charge < -0.3 is 9.47 Å². The number of hydrogen-bond donors (Lipinski definition) is 0. The molecular weight excluding hydrogens is 244 g/mol. The molecule has 0 aromatic heterocycles. The van der Waals surface area contributed by atoms with E-state index in [1.54, 1.807) is 20.8 Å². The normalized spacial score (nSPS) is 17.6. The Balaban J connectivity index is 2.94. The van der Waals surface area contributed by atoms with Crippen LogP contribution in [-0.2, 0) is 19.1 Å². The second-order valence-corrected chi connectivity index (χ2v) is 5.33. The van der Waals surface area contributed by atoms with Crippen molar-refractivity contribution in [3.8, 4) is 0 Å². The van der Waals surface area contributed by atoms with Crippen molar-refractivity contribution in [2.75, 3.05) is 13.2 Å². The Kier molecular flexibility index (Phi) is 6.32. The lowest BCUT2D eigenvalue weighted by Gasteiger charge is -2.32. The van der Waals surface area contributed by atoms with Gasteiger partial charge in [0.1, 0.15) is 0 Å². The number of rotatable bonds is 5. The summed E-state index contributed by atoms with van der Waals surface area (Å²) >= 11 is 0. The minimum atomic E-state index is -1.14. The molecule has 0 radical (unpaired) electrons. The van der Waals surface area contributed by atoms with Crippen molar-refractivity contribution in [3.05, 3.63) is 0 Å². The van der Waals surface area contributed by atoms with Crippen molar-refractivity contribution in [2.24, 2.45) is 11.3 Å². The highest BCUT2D eigenvalue weighted by Crippen LogP contribution is 2.39. The fourth-order valence-corrected chi connectivity index (χ4v) is 2.84. The van der Waals surface area contributed by atoms with E-state index in [1.165, 1.54) is 12.8 Å². The first-order chi connectivity index (χ1) is 9.07. The molecule has 1 aliphatic carbocycles. The maximum atomic E-state index is 12.3. The number of carbonyl (C=O) groups is 2. The fraction of sp³-hybridized carbons (Fsp3) is 0.867. The summed E-state index contributed by atoms with van der Waals surface area (Å²) in [5.74, 6) is -0.825. The molecule has 0 amide bonds. The second kappa shape index (κ2) is 7.51. The topological polar surface area (TPSA) is 52.6 Å². The van der Waals surface area contributed by atoms with Gasteiger partial charge in [-0.15, -0.1) is 0 Å². The molecule has 0 N–H and O–H groups in total. The summed E-state index contributed by atoms with van der Waals surface area (Å²) in [6, 6.07) is 0. The van der Waals surface area contributed by atoms with Crippen LogP contribution in [0.3, 0.4) is 0 Å². The van der Waals surface area contributed by atoms with Crippen molar-refractivity contribution < 1.29 is 19.1 Å². The van der Waals surface area contributed by atoms with Gasteiger partial charge in [-0.25, -0.2) is 0 Å². The molecule has 4 nitrogen and oxygen atoms in total. The molecule has 19 heavy (non-hydrogen) atoms. The molecule has 0 saturated heterocycles. The van der Waals surface area contributed by atoms with Crippen LogP contribution in [0.25, 0.3) is 0 Å². The van der Waals surface area contributed by atoms with E-state index < -0.39 is 17.4 Å². The number of hydrogen-bond acceptors (Lipinski definition) is 4. The van der Waals surface area contributed by atoms with Gasteiger partial charge in [-0.3, -0.25) is 9.59 Å². The lowest BCUT2D eigenvalue weighted by atomic mass is 9.73. The Morgan fingerprint density at radius 2 is 1.37 bits per heavy atom. The predicted molar refractivity (Wildman–Crippen MR) is 72.6 cm³/mol. The first-order valence-electron chi connectivity index (χ1n) is 7.41. The molecule has 0 aromatic carbocycles. The van der Waals surface area contributed by atoms with Crippen LogP contribution in [0, 0.1) is 11.3 Å². The van der Waals surface area contributed by atoms with E-state index >= 15 is 0 Å². The van der Waals surface area contributed by atoms with E-state index in [0.717, 1.165) is 25.7 Å². The summed E-state index contributed by atoms with van der Waals surface area (Å²) in [6.45, 7) is 5.80. The van der Waals surface area contributed by atoms with E-state index in [9.17, 15) is 9.59 Å². The van der Waals surface area contributed by atoms with Crippen molar-refractivity contribution in [3.63, 3.8) is 0 Å². The molecule has 0 unspecified atom stereocenters. The van der Waals surface area contributed by atoms with Gasteiger partial charge in [0.05, 0.1) is 13.2 Å². The molecule has 1 saturated carbocycles. The molecule has 0 atom stereocenters. The molecular formula is C15H26O4. The van der Waals surface area contributed by atoms with Gasteiger partial charge in [-0.2, -0.15) is 0 Å². The minimum Gasteiger partial charge on any atom is -0.465 e. The third kappa shape index (κ3) is 3.71. The predicted octanol–water partition coefficient (Wildman–Crippen LogP) is 3.09. The SMILES string of the molecule is CCOC(=O)C(C)(C(=O)OCC)C1CCCCCC1. The van der Waals surface area contributed by atoms with Crippen LogP contribution in [0.1, 0.15) is 59.3 Å². The standard InChI is InChI=1S/C15H26O4/c1-4-18-13(16)15(3,14(17)19-5-2)12-10-8-6-7-9-11-12/h12H,4-11H2,1-3H3. The van der Waals surface area contributed by atoms with Crippen molar-refractivity contribution in [1.29, 1.82) is 0 Å². The Morgan fingerprint density at radius 3 is 1.74 bits per heavy atom. The van der Waals surface area contributed by atoms with Crippen LogP contribution in [0.5, 0.6) is 0 Å². The van der Waals surface area contributed by atoms with Gasteiger partial charge >= 0.3 is 11.9 Å². The number of ether oxygens (including phenoxy) is 2. The highest BCUT2D eigenvalue weighted by Gasteiger charge is 2.50. The molecule has 110 valence electrons. The highest BCUT2D eigenvalue weighted by molar-refractivity contribution is 6.00. The average Bonchev–Trinajstić information content (AvgIpc) is 2.67. The van der Waals surface area contributed by atoms with Crippen LogP contribution in [-0.4, -0.2) is 25.2 Å². The van der Waals surface area contributed by atoms with Crippen molar-refractivity contribution in [1.82, 2.24) is 0 Å². The monoisotopic (exact) mass is 270 g/mol. The van der Waals surface area contributed by atoms with E-state index in [0.29, 0.717) is 13.2 Å². The van der Waals surface area contributed by atoms with Gasteiger partial charge in [-0.05, 0) is 39.5 Å². The van der Waals surface area contributed by atoms with Crippen LogP contribution in [0.4, 0.5) is 0 Å². The first kappa shape index (κ1) is 16.0. The third-order valence-electron chi connectivity index (χ3n) is 4.07. The van der Waals surface area contributed by atoms with Gasteiger partial charge in [0.25, 0.3) is 0 Å². The van der Waals surface area contributed by atoms with E-state index in [-0.39, 0.29) is 5.92 Å². The quantitative estimate of drug-likeness (QED) is 0.437. The Labute approximate surface area is 115 Å². The highest BCUT2D eigenvalue weighted by atomic mass is 16.6. The molecule has 1 fully saturated rings. The Bertz CT molecular complexity index is 285. The third-order valence-corrected chi connectivity index (χ3v) is 4.07. The Hall–Kier alpha value is -1.06. The molecule has 1 rings (SSSR count). The van der Waals surface area contributed by atoms with Crippen molar-refractivity contribution in [2.45, 2.75) is 59.3 Å². The maximum absolute atomic E-state index is 12.3. The Morgan fingerprint density at radius 1 is 0.947 bits per heavy atom. The smallest absolute Gasteiger partial charge is 0.323 e. The van der Waals surface area contributed by atoms with Crippen LogP contribution in [0.2, 0.25) is 0 Å². The molecule has 1 aliphatic rings. The lowest BCUT2D eigenvalue weighted by Crippen LogP contribution is -2.45. The zero-order chi connectivity index (χ0) is 14.3. The van der Waals surface area contributed by atoms with E-state index in [1.807, 2.05) is 0 Å². The zero-order valence-corrected chi connectivity index (χ0v) is 12.4. The van der Waals surface area contributed by atoms with Crippen LogP contribution < -0.4 is 0 Å². The van der Waals surface area contributed by atoms with Gasteiger partial charge in [0, 0.05) is 0 Å². The average molecular weight is 270 g/mol. The summed E-state index contributed by atoms with van der Waals surface area (Å²) in [5.41, 5.74) is -1.14. The van der Waals surface area contributed by atoms with Crippen LogP contribution in [0.15, 0.2) is 0 Å². The fourth-order valence-electron chi connectivity index (χ4n) is 2.84. The first-order valence-corrected chi connectivity index (χ1v) is 7.41. The van der Waals surface area contributed by atoms with Gasteiger partial charge in [-0.1, -0.05) is 25.7 Å². The largest absolute Gasteiger partial charge is 0.465 e. The number of carbonyl (C=O) groups excluding carboxylic acids is 2. The summed E-state index contributed by atoms with van der Waals surface area (Å²) in [5, 5.41) is 0. The molecule has 0 bridgehead atoms. The van der Waals surface area contributed by atoms with E-state index in [4.69, 9.17) is 9.47 Å². The van der Waals surface area contributed by atoms with Crippen molar-refractivity contribution >= 4 is 11.9 Å². The number of esters is 2. The van der Waals surface area contributed by atoms with Gasteiger partial charge in [0.2, 0.25) is 0 Å². The summed E-state index contributed by atoms with van der Waals surface area (Å²) in [7, 11) is 0.